The third kappa shape index (κ3) is 5.41. The first kappa shape index (κ1) is 23.6. The molecule has 0 saturated carbocycles. The molecule has 8 nitrogen and oxygen atoms in total. The number of azo groups is 1. The summed E-state index contributed by atoms with van der Waals surface area (Å²) in [6, 6.07) is 14.2. The number of hydrogen-bond donors (Lipinski definition) is 1. The molecule has 0 radical (unpaired) electrons. The number of anilines is 1. The van der Waals surface area contributed by atoms with Crippen LogP contribution in [0.3, 0.4) is 0 Å². The van der Waals surface area contributed by atoms with E-state index in [1.807, 2.05) is 31.2 Å². The first-order valence-electron chi connectivity index (χ1n) is 10.6. The third-order valence-electron chi connectivity index (χ3n) is 4.75. The lowest BCUT2D eigenvalue weighted by Crippen LogP contribution is -2.15. The minimum absolute atomic E-state index is 0.0726. The Kier molecular flexibility index (Phi) is 7.50. The summed E-state index contributed by atoms with van der Waals surface area (Å²) < 4.78 is 10.4. The SMILES string of the molecule is CCOC(=O)c1c2ccc(N=Nc3ccc(C)cc3)ccc-2c(C(=O)OCC)c1NC(C)=O. The van der Waals surface area contributed by atoms with Gasteiger partial charge in [0.05, 0.1) is 41.4 Å². The normalized spacial score (nSPS) is 10.9. The summed E-state index contributed by atoms with van der Waals surface area (Å²) >= 11 is 0. The molecular formula is C25H25N3O5. The maximum atomic E-state index is 12.8. The molecule has 1 aromatic carbocycles. The number of nitrogens with zero attached hydrogens (tertiary/aromatic N) is 2. The van der Waals surface area contributed by atoms with Gasteiger partial charge in [0, 0.05) is 6.92 Å². The lowest BCUT2D eigenvalue weighted by atomic mass is 10.1. The van der Waals surface area contributed by atoms with Crippen LogP contribution in [-0.4, -0.2) is 31.1 Å². The third-order valence-corrected chi connectivity index (χ3v) is 4.75. The zero-order valence-electron chi connectivity index (χ0n) is 19.0. The van der Waals surface area contributed by atoms with Gasteiger partial charge in [0.1, 0.15) is 0 Å². The molecule has 2 aliphatic carbocycles. The summed E-state index contributed by atoms with van der Waals surface area (Å²) in [6.07, 6.45) is 0. The first-order valence-corrected chi connectivity index (χ1v) is 10.6. The summed E-state index contributed by atoms with van der Waals surface area (Å²) in [7, 11) is 0. The van der Waals surface area contributed by atoms with Crippen molar-refractivity contribution in [3.8, 4) is 11.1 Å². The van der Waals surface area contributed by atoms with Crippen LogP contribution in [0.15, 0.2) is 58.8 Å². The van der Waals surface area contributed by atoms with Gasteiger partial charge in [0.15, 0.2) is 0 Å². The fourth-order valence-corrected chi connectivity index (χ4v) is 3.33. The molecule has 0 aromatic heterocycles. The van der Waals surface area contributed by atoms with E-state index >= 15 is 0 Å². The van der Waals surface area contributed by atoms with E-state index < -0.39 is 17.8 Å². The van der Waals surface area contributed by atoms with E-state index in [0.29, 0.717) is 22.5 Å². The maximum absolute atomic E-state index is 12.8. The fraction of sp³-hybridized carbons (Fsp3) is 0.240. The van der Waals surface area contributed by atoms with Crippen LogP contribution in [-0.2, 0) is 14.3 Å². The average molecular weight is 447 g/mol. The molecule has 170 valence electrons. The highest BCUT2D eigenvalue weighted by Gasteiger charge is 2.32. The molecule has 8 heteroatoms. The highest BCUT2D eigenvalue weighted by atomic mass is 16.5. The minimum atomic E-state index is -0.657. The molecule has 0 spiro atoms. The summed E-state index contributed by atoms with van der Waals surface area (Å²) in [5.41, 5.74) is 3.42. The van der Waals surface area contributed by atoms with E-state index in [1.54, 1.807) is 38.1 Å². The molecule has 1 amide bonds. The lowest BCUT2D eigenvalue weighted by Gasteiger charge is -2.08. The number of ether oxygens (including phenoxy) is 2. The first-order chi connectivity index (χ1) is 15.8. The molecule has 0 saturated heterocycles. The summed E-state index contributed by atoms with van der Waals surface area (Å²) in [4.78, 5) is 37.5. The van der Waals surface area contributed by atoms with E-state index in [1.165, 1.54) is 6.92 Å². The van der Waals surface area contributed by atoms with Crippen LogP contribution in [0.1, 0.15) is 47.1 Å². The van der Waals surface area contributed by atoms with Crippen LogP contribution in [0.25, 0.3) is 11.1 Å². The zero-order valence-corrected chi connectivity index (χ0v) is 19.0. The summed E-state index contributed by atoms with van der Waals surface area (Å²) in [5.74, 6) is -1.75. The fourth-order valence-electron chi connectivity index (χ4n) is 3.33. The van der Waals surface area contributed by atoms with E-state index in [-0.39, 0.29) is 30.0 Å². The number of carbonyl (C=O) groups excluding carboxylic acids is 3. The van der Waals surface area contributed by atoms with Gasteiger partial charge in [0.25, 0.3) is 0 Å². The molecule has 0 fully saturated rings. The lowest BCUT2D eigenvalue weighted by molar-refractivity contribution is -0.114. The second-order valence-corrected chi connectivity index (χ2v) is 7.20. The Labute approximate surface area is 192 Å². The van der Waals surface area contributed by atoms with Crippen molar-refractivity contribution in [3.05, 3.63) is 65.2 Å². The van der Waals surface area contributed by atoms with Crippen molar-refractivity contribution in [2.45, 2.75) is 27.7 Å². The van der Waals surface area contributed by atoms with Crippen molar-refractivity contribution in [3.63, 3.8) is 0 Å². The largest absolute Gasteiger partial charge is 0.462 e. The van der Waals surface area contributed by atoms with Crippen molar-refractivity contribution in [2.75, 3.05) is 18.5 Å². The van der Waals surface area contributed by atoms with Gasteiger partial charge in [-0.25, -0.2) is 9.59 Å². The quantitative estimate of drug-likeness (QED) is 0.362. The number of nitrogens with one attached hydrogen (secondary N) is 1. The van der Waals surface area contributed by atoms with E-state index in [4.69, 9.17) is 9.47 Å². The van der Waals surface area contributed by atoms with E-state index in [9.17, 15) is 14.4 Å². The van der Waals surface area contributed by atoms with Crippen LogP contribution in [0.5, 0.6) is 0 Å². The van der Waals surface area contributed by atoms with Crippen molar-refractivity contribution in [1.29, 1.82) is 0 Å². The predicted molar refractivity (Wildman–Crippen MR) is 125 cm³/mol. The standard InChI is InChI=1S/C25H25N3O5/c1-5-32-24(30)21-19-13-11-18(28-27-17-9-7-15(3)8-10-17)12-14-20(19)22(25(31)33-6-2)23(21)26-16(4)29/h7-14H,5-6H2,1-4H3,(H,26,29). The number of carbonyl (C=O) groups is 3. The molecule has 1 N–H and O–H groups in total. The Hall–Kier alpha value is -4.07. The van der Waals surface area contributed by atoms with Crippen LogP contribution < -0.4 is 5.32 Å². The monoisotopic (exact) mass is 447 g/mol. The highest BCUT2D eigenvalue weighted by molar-refractivity contribution is 6.18. The molecule has 33 heavy (non-hydrogen) atoms. The Morgan fingerprint density at radius 2 is 1.18 bits per heavy atom. The molecule has 3 rings (SSSR count). The number of fused-ring (bicyclic) bond motifs is 1. The second kappa shape index (κ2) is 10.5. The molecule has 2 aliphatic rings. The molecule has 0 heterocycles. The van der Waals surface area contributed by atoms with E-state index in [0.717, 1.165) is 5.56 Å². The molecular weight excluding hydrogens is 422 g/mol. The van der Waals surface area contributed by atoms with Gasteiger partial charge in [-0.15, -0.1) is 0 Å². The smallest absolute Gasteiger partial charge is 0.340 e. The van der Waals surface area contributed by atoms with Gasteiger partial charge in [-0.2, -0.15) is 10.2 Å². The number of aryl methyl sites for hydroxylation is 1. The van der Waals surface area contributed by atoms with Crippen LogP contribution >= 0.6 is 0 Å². The van der Waals surface area contributed by atoms with Gasteiger partial charge in [-0.1, -0.05) is 29.8 Å². The van der Waals surface area contributed by atoms with E-state index in [2.05, 4.69) is 15.5 Å². The number of benzene rings is 1. The van der Waals surface area contributed by atoms with Crippen LogP contribution in [0.4, 0.5) is 17.1 Å². The van der Waals surface area contributed by atoms with Crippen molar-refractivity contribution in [1.82, 2.24) is 0 Å². The van der Waals surface area contributed by atoms with Gasteiger partial charge in [-0.05, 0) is 56.2 Å². The molecule has 0 aliphatic heterocycles. The summed E-state index contributed by atoms with van der Waals surface area (Å²) in [5, 5.41) is 11.1. The predicted octanol–water partition coefficient (Wildman–Crippen LogP) is 5.83. The molecule has 0 atom stereocenters. The zero-order chi connectivity index (χ0) is 24.0. The molecule has 0 unspecified atom stereocenters. The number of esters is 2. The van der Waals surface area contributed by atoms with Gasteiger partial charge >= 0.3 is 11.9 Å². The van der Waals surface area contributed by atoms with Gasteiger partial charge in [0.2, 0.25) is 5.91 Å². The van der Waals surface area contributed by atoms with Crippen LogP contribution in [0.2, 0.25) is 0 Å². The number of hydrogen-bond acceptors (Lipinski definition) is 7. The Morgan fingerprint density at radius 3 is 1.58 bits per heavy atom. The second-order valence-electron chi connectivity index (χ2n) is 7.20. The Balaban J connectivity index is 2.18. The maximum Gasteiger partial charge on any atom is 0.340 e. The molecule has 1 aromatic rings. The topological polar surface area (TPSA) is 106 Å². The molecule has 0 bridgehead atoms. The van der Waals surface area contributed by atoms with Crippen molar-refractivity contribution in [2.24, 2.45) is 10.2 Å². The number of amides is 1. The summed E-state index contributed by atoms with van der Waals surface area (Å²) in [6.45, 7) is 6.91. The highest BCUT2D eigenvalue weighted by Crippen LogP contribution is 2.42. The van der Waals surface area contributed by atoms with Crippen molar-refractivity contribution < 1.29 is 23.9 Å². The van der Waals surface area contributed by atoms with Gasteiger partial charge < -0.3 is 14.8 Å². The van der Waals surface area contributed by atoms with Crippen molar-refractivity contribution >= 4 is 34.9 Å². The number of rotatable bonds is 7. The Morgan fingerprint density at radius 1 is 0.758 bits per heavy atom. The minimum Gasteiger partial charge on any atom is -0.462 e. The van der Waals surface area contributed by atoms with Gasteiger partial charge in [-0.3, -0.25) is 4.79 Å². The average Bonchev–Trinajstić information content (AvgIpc) is 2.92. The Bertz CT molecular complexity index is 1130. The van der Waals surface area contributed by atoms with Crippen LogP contribution in [0, 0.1) is 6.92 Å².